The van der Waals surface area contributed by atoms with Crippen molar-refractivity contribution in [1.82, 2.24) is 10.6 Å². The standard InChI is InChI=1S/C13H18Cl2N2S/c1-8(2)7-16-13(18)17-9(3)11-5-4-10(14)6-12(11)15/h4-6,8-9H,7H2,1-3H3,(H2,16,17,18). The van der Waals surface area contributed by atoms with Crippen molar-refractivity contribution in [2.45, 2.75) is 26.8 Å². The molecule has 1 atom stereocenters. The van der Waals surface area contributed by atoms with E-state index in [0.717, 1.165) is 12.1 Å². The Kier molecular flexibility index (Phi) is 6.19. The van der Waals surface area contributed by atoms with E-state index in [9.17, 15) is 0 Å². The van der Waals surface area contributed by atoms with Gasteiger partial charge in [0.05, 0.1) is 6.04 Å². The third-order valence-corrected chi connectivity index (χ3v) is 3.27. The number of nitrogens with one attached hydrogen (secondary N) is 2. The zero-order valence-electron chi connectivity index (χ0n) is 10.8. The third kappa shape index (κ3) is 5.01. The molecular weight excluding hydrogens is 287 g/mol. The number of halogens is 2. The van der Waals surface area contributed by atoms with Gasteiger partial charge in [-0.15, -0.1) is 0 Å². The summed E-state index contributed by atoms with van der Waals surface area (Å²) >= 11 is 17.2. The Hall–Kier alpha value is -0.510. The fourth-order valence-electron chi connectivity index (χ4n) is 1.47. The Morgan fingerprint density at radius 1 is 1.28 bits per heavy atom. The maximum atomic E-state index is 6.15. The number of rotatable bonds is 4. The molecule has 2 N–H and O–H groups in total. The van der Waals surface area contributed by atoms with Gasteiger partial charge in [-0.3, -0.25) is 0 Å². The molecule has 0 spiro atoms. The van der Waals surface area contributed by atoms with E-state index in [1.54, 1.807) is 6.07 Å². The highest BCUT2D eigenvalue weighted by Gasteiger charge is 2.11. The normalized spacial score (nSPS) is 12.3. The van der Waals surface area contributed by atoms with Crippen molar-refractivity contribution < 1.29 is 0 Å². The zero-order chi connectivity index (χ0) is 13.7. The van der Waals surface area contributed by atoms with Crippen LogP contribution in [0.3, 0.4) is 0 Å². The van der Waals surface area contributed by atoms with Crippen LogP contribution in [-0.2, 0) is 0 Å². The average molecular weight is 305 g/mol. The first-order chi connectivity index (χ1) is 8.40. The van der Waals surface area contributed by atoms with Crippen LogP contribution in [0.4, 0.5) is 0 Å². The minimum atomic E-state index is 0.0435. The second kappa shape index (κ2) is 7.17. The highest BCUT2D eigenvalue weighted by Crippen LogP contribution is 2.25. The Labute approximate surface area is 124 Å². The summed E-state index contributed by atoms with van der Waals surface area (Å²) in [6, 6.07) is 5.52. The number of hydrogen-bond acceptors (Lipinski definition) is 1. The van der Waals surface area contributed by atoms with Crippen LogP contribution in [0.2, 0.25) is 10.0 Å². The van der Waals surface area contributed by atoms with Gasteiger partial charge in [0.25, 0.3) is 0 Å². The summed E-state index contributed by atoms with van der Waals surface area (Å²) in [6.45, 7) is 7.13. The number of benzene rings is 1. The molecule has 0 heterocycles. The molecule has 18 heavy (non-hydrogen) atoms. The van der Waals surface area contributed by atoms with Crippen LogP contribution in [0.25, 0.3) is 0 Å². The van der Waals surface area contributed by atoms with Gasteiger partial charge in [0, 0.05) is 16.6 Å². The third-order valence-electron chi connectivity index (χ3n) is 2.45. The van der Waals surface area contributed by atoms with E-state index in [-0.39, 0.29) is 6.04 Å². The van der Waals surface area contributed by atoms with Crippen LogP contribution < -0.4 is 10.6 Å². The van der Waals surface area contributed by atoms with Gasteiger partial charge < -0.3 is 10.6 Å². The first kappa shape index (κ1) is 15.5. The van der Waals surface area contributed by atoms with E-state index in [2.05, 4.69) is 24.5 Å². The van der Waals surface area contributed by atoms with Crippen molar-refractivity contribution in [3.63, 3.8) is 0 Å². The molecule has 0 aromatic heterocycles. The summed E-state index contributed by atoms with van der Waals surface area (Å²) in [7, 11) is 0. The lowest BCUT2D eigenvalue weighted by molar-refractivity contribution is 0.609. The SMILES string of the molecule is CC(C)CNC(=S)NC(C)c1ccc(Cl)cc1Cl. The van der Waals surface area contributed by atoms with Crippen molar-refractivity contribution in [3.05, 3.63) is 33.8 Å². The van der Waals surface area contributed by atoms with Gasteiger partial charge in [0.15, 0.2) is 5.11 Å². The van der Waals surface area contributed by atoms with Crippen LogP contribution in [0.15, 0.2) is 18.2 Å². The fraction of sp³-hybridized carbons (Fsp3) is 0.462. The van der Waals surface area contributed by atoms with Crippen molar-refractivity contribution in [3.8, 4) is 0 Å². The molecule has 5 heteroatoms. The van der Waals surface area contributed by atoms with Crippen LogP contribution >= 0.6 is 35.4 Å². The highest BCUT2D eigenvalue weighted by atomic mass is 35.5. The topological polar surface area (TPSA) is 24.1 Å². The molecule has 1 aromatic rings. The molecule has 1 aromatic carbocycles. The van der Waals surface area contributed by atoms with Gasteiger partial charge in [0.1, 0.15) is 0 Å². The number of hydrogen-bond donors (Lipinski definition) is 2. The quantitative estimate of drug-likeness (QED) is 0.816. The highest BCUT2D eigenvalue weighted by molar-refractivity contribution is 7.80. The van der Waals surface area contributed by atoms with Gasteiger partial charge in [0.2, 0.25) is 0 Å². The van der Waals surface area contributed by atoms with Crippen molar-refractivity contribution in [2.24, 2.45) is 5.92 Å². The van der Waals surface area contributed by atoms with Gasteiger partial charge >= 0.3 is 0 Å². The molecule has 2 nitrogen and oxygen atoms in total. The Balaban J connectivity index is 2.59. The zero-order valence-corrected chi connectivity index (χ0v) is 13.1. The minimum absolute atomic E-state index is 0.0435. The molecule has 0 aliphatic carbocycles. The lowest BCUT2D eigenvalue weighted by Gasteiger charge is -2.19. The molecule has 0 amide bonds. The van der Waals surface area contributed by atoms with Crippen LogP contribution in [0.5, 0.6) is 0 Å². The molecule has 0 aliphatic rings. The van der Waals surface area contributed by atoms with E-state index in [0.29, 0.717) is 21.1 Å². The van der Waals surface area contributed by atoms with Gasteiger partial charge in [-0.2, -0.15) is 0 Å². The molecule has 0 saturated carbocycles. The molecule has 100 valence electrons. The average Bonchev–Trinajstić information content (AvgIpc) is 2.26. The van der Waals surface area contributed by atoms with E-state index in [4.69, 9.17) is 35.4 Å². The fourth-order valence-corrected chi connectivity index (χ4v) is 2.31. The second-order valence-electron chi connectivity index (χ2n) is 4.64. The summed E-state index contributed by atoms with van der Waals surface area (Å²) in [5, 5.41) is 8.29. The Morgan fingerprint density at radius 2 is 1.94 bits per heavy atom. The van der Waals surface area contributed by atoms with Crippen LogP contribution in [0, 0.1) is 5.92 Å². The van der Waals surface area contributed by atoms with E-state index in [1.807, 2.05) is 19.1 Å². The summed E-state index contributed by atoms with van der Waals surface area (Å²) in [6.07, 6.45) is 0. The first-order valence-corrected chi connectivity index (χ1v) is 7.06. The molecule has 0 aliphatic heterocycles. The van der Waals surface area contributed by atoms with E-state index >= 15 is 0 Å². The van der Waals surface area contributed by atoms with Gasteiger partial charge in [-0.1, -0.05) is 43.1 Å². The summed E-state index contributed by atoms with van der Waals surface area (Å²) < 4.78 is 0. The van der Waals surface area contributed by atoms with Crippen molar-refractivity contribution >= 4 is 40.5 Å². The van der Waals surface area contributed by atoms with Crippen molar-refractivity contribution in [2.75, 3.05) is 6.54 Å². The van der Waals surface area contributed by atoms with E-state index in [1.165, 1.54) is 0 Å². The second-order valence-corrected chi connectivity index (χ2v) is 5.89. The monoisotopic (exact) mass is 304 g/mol. The first-order valence-electron chi connectivity index (χ1n) is 5.89. The molecule has 1 rings (SSSR count). The summed E-state index contributed by atoms with van der Waals surface area (Å²) in [4.78, 5) is 0. The molecule has 0 saturated heterocycles. The molecule has 0 bridgehead atoms. The molecule has 1 unspecified atom stereocenters. The lowest BCUT2D eigenvalue weighted by Crippen LogP contribution is -2.38. The largest absolute Gasteiger partial charge is 0.362 e. The van der Waals surface area contributed by atoms with Crippen LogP contribution in [0.1, 0.15) is 32.4 Å². The molecular formula is C13H18Cl2N2S. The maximum absolute atomic E-state index is 6.15. The molecule has 0 fully saturated rings. The predicted molar refractivity (Wildman–Crippen MR) is 83.5 cm³/mol. The van der Waals surface area contributed by atoms with Crippen molar-refractivity contribution in [1.29, 1.82) is 0 Å². The number of thiocarbonyl (C=S) groups is 1. The predicted octanol–water partition coefficient (Wildman–Crippen LogP) is 4.17. The summed E-state index contributed by atoms with van der Waals surface area (Å²) in [5.74, 6) is 0.555. The van der Waals surface area contributed by atoms with Crippen LogP contribution in [-0.4, -0.2) is 11.7 Å². The summed E-state index contributed by atoms with van der Waals surface area (Å²) in [5.41, 5.74) is 0.981. The molecule has 0 radical (unpaired) electrons. The maximum Gasteiger partial charge on any atom is 0.166 e. The van der Waals surface area contributed by atoms with E-state index < -0.39 is 0 Å². The Morgan fingerprint density at radius 3 is 2.50 bits per heavy atom. The lowest BCUT2D eigenvalue weighted by atomic mass is 10.1. The van der Waals surface area contributed by atoms with Gasteiger partial charge in [-0.25, -0.2) is 0 Å². The Bertz CT molecular complexity index is 421. The smallest absolute Gasteiger partial charge is 0.166 e. The minimum Gasteiger partial charge on any atom is -0.362 e. The van der Waals surface area contributed by atoms with Gasteiger partial charge in [-0.05, 0) is 42.8 Å².